The van der Waals surface area contributed by atoms with Crippen LogP contribution >= 0.6 is 47.8 Å². The smallest absolute Gasteiger partial charge is 0.180 e. The summed E-state index contributed by atoms with van der Waals surface area (Å²) in [6, 6.07) is 10.2. The van der Waals surface area contributed by atoms with Crippen molar-refractivity contribution in [3.8, 4) is 5.75 Å². The van der Waals surface area contributed by atoms with Gasteiger partial charge in [0.05, 0.1) is 9.99 Å². The number of fused-ring (bicyclic) bond motifs is 2. The maximum absolute atomic E-state index is 12.7. The van der Waals surface area contributed by atoms with E-state index in [1.165, 1.54) is 0 Å². The summed E-state index contributed by atoms with van der Waals surface area (Å²) in [4.78, 5) is 29.9. The molecule has 1 aromatic heterocycles. The summed E-state index contributed by atoms with van der Waals surface area (Å²) in [7, 11) is 0. The fourth-order valence-electron chi connectivity index (χ4n) is 3.05. The van der Waals surface area contributed by atoms with E-state index in [0.717, 1.165) is 8.95 Å². The second-order valence-electron chi connectivity index (χ2n) is 5.62. The van der Waals surface area contributed by atoms with Crippen molar-refractivity contribution in [2.45, 2.75) is 5.92 Å². The Hall–Kier alpha value is -1.57. The van der Waals surface area contributed by atoms with Crippen LogP contribution in [0.4, 0.5) is 0 Å². The van der Waals surface area contributed by atoms with E-state index < -0.39 is 5.92 Å². The van der Waals surface area contributed by atoms with E-state index in [-0.39, 0.29) is 23.0 Å². The topological polar surface area (TPSA) is 67.3 Å². The summed E-state index contributed by atoms with van der Waals surface area (Å²) in [5, 5.41) is 11.3. The van der Waals surface area contributed by atoms with Crippen molar-refractivity contribution in [3.05, 3.63) is 66.6 Å². The summed E-state index contributed by atoms with van der Waals surface area (Å²) in [5.74, 6) is -2.01. The molecular weight excluding hydrogens is 518 g/mol. The first-order valence-corrected chi connectivity index (χ1v) is 9.63. The summed E-state index contributed by atoms with van der Waals surface area (Å²) >= 11 is 10.2. The van der Waals surface area contributed by atoms with E-state index in [1.807, 2.05) is 0 Å². The van der Waals surface area contributed by atoms with Gasteiger partial charge in [-0.1, -0.05) is 24.3 Å². The number of ketones is 2. The Kier molecular flexibility index (Phi) is 4.05. The quantitative estimate of drug-likeness (QED) is 0.433. The maximum atomic E-state index is 12.7. The summed E-state index contributed by atoms with van der Waals surface area (Å²) in [6.07, 6.45) is 0. The molecule has 124 valence electrons. The third-order valence-corrected chi connectivity index (χ3v) is 7.03. The molecule has 0 aliphatic heterocycles. The van der Waals surface area contributed by atoms with Gasteiger partial charge in [0.2, 0.25) is 0 Å². The summed E-state index contributed by atoms with van der Waals surface area (Å²) in [5.41, 5.74) is 1.37. The molecule has 0 saturated carbocycles. The lowest BCUT2D eigenvalue weighted by Crippen LogP contribution is -2.15. The molecule has 0 unspecified atom stereocenters. The highest BCUT2D eigenvalue weighted by Gasteiger charge is 2.42. The van der Waals surface area contributed by atoms with Crippen LogP contribution in [0.2, 0.25) is 0 Å². The van der Waals surface area contributed by atoms with Gasteiger partial charge in [0.25, 0.3) is 0 Å². The Morgan fingerprint density at radius 2 is 1.48 bits per heavy atom. The SMILES string of the molecule is O=C1c2ccccc2C(=O)C1c1nc2ccc(Br)c(Br)c2c(Br)c1O. The van der Waals surface area contributed by atoms with Gasteiger partial charge in [0, 0.05) is 25.5 Å². The molecule has 0 fully saturated rings. The number of aromatic hydroxyl groups is 1. The molecule has 0 atom stereocenters. The van der Waals surface area contributed by atoms with Gasteiger partial charge < -0.3 is 5.11 Å². The van der Waals surface area contributed by atoms with Crippen molar-refractivity contribution in [2.75, 3.05) is 0 Å². The lowest BCUT2D eigenvalue weighted by molar-refractivity contribution is 0.0886. The molecule has 0 spiro atoms. The van der Waals surface area contributed by atoms with Crippen molar-refractivity contribution < 1.29 is 14.7 Å². The van der Waals surface area contributed by atoms with Crippen molar-refractivity contribution in [2.24, 2.45) is 0 Å². The number of hydrogen-bond acceptors (Lipinski definition) is 4. The monoisotopic (exact) mass is 523 g/mol. The molecule has 0 saturated heterocycles. The van der Waals surface area contributed by atoms with E-state index >= 15 is 0 Å². The van der Waals surface area contributed by atoms with Gasteiger partial charge in [-0.15, -0.1) is 0 Å². The minimum Gasteiger partial charge on any atom is -0.505 e. The third-order valence-electron chi connectivity index (χ3n) is 4.24. The number of nitrogens with zero attached hydrogens (tertiary/aromatic N) is 1. The predicted octanol–water partition coefficient (Wildman–Crippen LogP) is 5.39. The van der Waals surface area contributed by atoms with E-state index in [1.54, 1.807) is 36.4 Å². The number of benzene rings is 2. The summed E-state index contributed by atoms with van der Waals surface area (Å²) < 4.78 is 1.91. The van der Waals surface area contributed by atoms with Crippen LogP contribution in [0.3, 0.4) is 0 Å². The van der Waals surface area contributed by atoms with Crippen LogP contribution < -0.4 is 0 Å². The van der Waals surface area contributed by atoms with Gasteiger partial charge >= 0.3 is 0 Å². The van der Waals surface area contributed by atoms with Crippen LogP contribution in [-0.2, 0) is 0 Å². The molecule has 2 aromatic carbocycles. The van der Waals surface area contributed by atoms with Crippen LogP contribution in [-0.4, -0.2) is 21.7 Å². The van der Waals surface area contributed by atoms with Crippen LogP contribution in [0.25, 0.3) is 10.9 Å². The highest BCUT2D eigenvalue weighted by Crippen LogP contribution is 2.45. The lowest BCUT2D eigenvalue weighted by Gasteiger charge is -2.14. The predicted molar refractivity (Wildman–Crippen MR) is 104 cm³/mol. The zero-order chi connectivity index (χ0) is 17.9. The number of rotatable bonds is 1. The molecule has 0 bridgehead atoms. The Labute approximate surface area is 167 Å². The van der Waals surface area contributed by atoms with Gasteiger partial charge in [-0.25, -0.2) is 4.98 Å². The molecular formula is C18H8Br3NO3. The normalized spacial score (nSPS) is 14.4. The third kappa shape index (κ3) is 2.40. The zero-order valence-corrected chi connectivity index (χ0v) is 17.1. The maximum Gasteiger partial charge on any atom is 0.180 e. The minimum absolute atomic E-state index is 0.0693. The fourth-order valence-corrected chi connectivity index (χ4v) is 4.78. The Morgan fingerprint density at radius 1 is 0.880 bits per heavy atom. The van der Waals surface area contributed by atoms with Crippen molar-refractivity contribution >= 4 is 70.3 Å². The highest BCUT2D eigenvalue weighted by atomic mass is 79.9. The van der Waals surface area contributed by atoms with Gasteiger partial charge in [-0.3, -0.25) is 9.59 Å². The Balaban J connectivity index is 1.98. The molecule has 4 rings (SSSR count). The number of hydrogen-bond donors (Lipinski definition) is 1. The van der Waals surface area contributed by atoms with Gasteiger partial charge in [0.1, 0.15) is 11.6 Å². The van der Waals surface area contributed by atoms with Crippen molar-refractivity contribution in [3.63, 3.8) is 0 Å². The van der Waals surface area contributed by atoms with Gasteiger partial charge in [-0.2, -0.15) is 0 Å². The van der Waals surface area contributed by atoms with Crippen LogP contribution in [0.5, 0.6) is 5.75 Å². The fraction of sp³-hybridized carbons (Fsp3) is 0.0556. The Morgan fingerprint density at radius 3 is 2.08 bits per heavy atom. The standard InChI is InChI=1S/C18H8Br3NO3/c19-9-5-6-10-11(13(9)20)14(21)18(25)15(22-10)12-16(23)7-3-1-2-4-8(7)17(12)24/h1-6,12,25H. The van der Waals surface area contributed by atoms with Crippen molar-refractivity contribution in [1.82, 2.24) is 4.98 Å². The molecule has 3 aromatic rings. The number of carbonyl (C=O) groups is 2. The molecule has 7 heteroatoms. The number of halogens is 3. The van der Waals surface area contributed by atoms with Crippen LogP contribution in [0, 0.1) is 0 Å². The zero-order valence-electron chi connectivity index (χ0n) is 12.4. The van der Waals surface area contributed by atoms with E-state index in [2.05, 4.69) is 52.8 Å². The van der Waals surface area contributed by atoms with E-state index in [4.69, 9.17) is 0 Å². The minimum atomic E-state index is -1.12. The molecule has 1 aliphatic rings. The summed E-state index contributed by atoms with van der Waals surface area (Å²) in [6.45, 7) is 0. The largest absolute Gasteiger partial charge is 0.505 e. The second kappa shape index (κ2) is 6.00. The average molecular weight is 526 g/mol. The number of carbonyl (C=O) groups excluding carboxylic acids is 2. The lowest BCUT2D eigenvalue weighted by atomic mass is 9.97. The average Bonchev–Trinajstić information content (AvgIpc) is 2.86. The van der Waals surface area contributed by atoms with E-state index in [9.17, 15) is 14.7 Å². The first kappa shape index (κ1) is 16.9. The van der Waals surface area contributed by atoms with E-state index in [0.29, 0.717) is 26.5 Å². The number of pyridine rings is 1. The highest BCUT2D eigenvalue weighted by molar-refractivity contribution is 9.13. The molecule has 1 heterocycles. The second-order valence-corrected chi connectivity index (χ2v) is 8.06. The first-order valence-electron chi connectivity index (χ1n) is 7.25. The molecule has 1 aliphatic carbocycles. The van der Waals surface area contributed by atoms with Crippen LogP contribution in [0.1, 0.15) is 32.3 Å². The van der Waals surface area contributed by atoms with Gasteiger partial charge in [-0.05, 0) is 59.9 Å². The Bertz CT molecular complexity index is 1060. The first-order chi connectivity index (χ1) is 11.9. The number of Topliss-reactive ketones (excluding diaryl/α,β-unsaturated/α-hetero) is 2. The molecule has 0 radical (unpaired) electrons. The molecule has 1 N–H and O–H groups in total. The molecule has 25 heavy (non-hydrogen) atoms. The van der Waals surface area contributed by atoms with Crippen LogP contribution in [0.15, 0.2) is 49.8 Å². The number of aromatic nitrogens is 1. The van der Waals surface area contributed by atoms with Gasteiger partial charge in [0.15, 0.2) is 17.3 Å². The van der Waals surface area contributed by atoms with Crippen molar-refractivity contribution in [1.29, 1.82) is 0 Å². The molecule has 0 amide bonds. The molecule has 4 nitrogen and oxygen atoms in total.